The van der Waals surface area contributed by atoms with Crippen molar-refractivity contribution in [1.82, 2.24) is 0 Å². The van der Waals surface area contributed by atoms with Crippen molar-refractivity contribution in [2.45, 2.75) is 120 Å². The summed E-state index contributed by atoms with van der Waals surface area (Å²) in [6, 6.07) is 23.8. The Bertz CT molecular complexity index is 1880. The second-order valence-corrected chi connectivity index (χ2v) is 15.9. The molecule has 0 aromatic heterocycles. The van der Waals surface area contributed by atoms with E-state index in [2.05, 4.69) is 36.4 Å². The summed E-state index contributed by atoms with van der Waals surface area (Å²) in [5.74, 6) is 1.06. The lowest BCUT2D eigenvalue weighted by Crippen LogP contribution is -2.31. The fraction of sp³-hybridized carbons (Fsp3) is 0.435. The van der Waals surface area contributed by atoms with Crippen LogP contribution in [0.5, 0.6) is 17.2 Å². The maximum absolute atomic E-state index is 11.9. The number of phenolic OH excluding ortho intramolecular Hbond substituents is 3. The third-order valence-electron chi connectivity index (χ3n) is 12.8. The first kappa shape index (κ1) is 36.0. The number of aliphatic hydroxyl groups excluding tert-OH is 1. The number of benzene rings is 4. The van der Waals surface area contributed by atoms with Crippen molar-refractivity contribution in [3.8, 4) is 17.2 Å². The van der Waals surface area contributed by atoms with Gasteiger partial charge in [-0.1, -0.05) is 87.1 Å². The van der Waals surface area contributed by atoms with E-state index in [4.69, 9.17) is 0 Å². The van der Waals surface area contributed by atoms with Crippen molar-refractivity contribution in [3.05, 3.63) is 123 Å². The number of hydrogen-bond acceptors (Lipinski definition) is 6. The molecule has 6 heteroatoms. The van der Waals surface area contributed by atoms with Crippen LogP contribution in [0.3, 0.4) is 0 Å². The quantitative estimate of drug-likeness (QED) is 0.123. The van der Waals surface area contributed by atoms with Crippen LogP contribution in [-0.2, 0) is 18.3 Å². The van der Waals surface area contributed by atoms with Crippen molar-refractivity contribution >= 4 is 12.6 Å². The van der Waals surface area contributed by atoms with E-state index in [0.29, 0.717) is 48.7 Å². The Balaban J connectivity index is 1.21. The molecule has 0 saturated heterocycles. The van der Waals surface area contributed by atoms with E-state index in [1.807, 2.05) is 6.07 Å². The Kier molecular flexibility index (Phi) is 10.8. The minimum atomic E-state index is -0.428. The lowest BCUT2D eigenvalue weighted by atomic mass is 9.64. The molecule has 6 nitrogen and oxygen atoms in total. The third kappa shape index (κ3) is 7.41. The summed E-state index contributed by atoms with van der Waals surface area (Å²) < 4.78 is 0. The number of hydrogen-bond donors (Lipinski definition) is 4. The van der Waals surface area contributed by atoms with Gasteiger partial charge in [0.1, 0.15) is 23.5 Å². The highest BCUT2D eigenvalue weighted by Crippen LogP contribution is 2.49. The Morgan fingerprint density at radius 1 is 0.654 bits per heavy atom. The van der Waals surface area contributed by atoms with Gasteiger partial charge in [0.2, 0.25) is 0 Å². The summed E-state index contributed by atoms with van der Waals surface area (Å²) in [4.78, 5) is 23.4. The van der Waals surface area contributed by atoms with Crippen LogP contribution < -0.4 is 0 Å². The molecule has 4 aromatic carbocycles. The zero-order valence-corrected chi connectivity index (χ0v) is 30.1. The molecule has 3 aliphatic carbocycles. The number of aromatic hydroxyl groups is 3. The van der Waals surface area contributed by atoms with Crippen LogP contribution in [0.2, 0.25) is 0 Å². The molecule has 3 saturated carbocycles. The zero-order valence-electron chi connectivity index (χ0n) is 30.1. The molecular weight excluding hydrogens is 649 g/mol. The Labute approximate surface area is 307 Å². The van der Waals surface area contributed by atoms with Gasteiger partial charge in [-0.25, -0.2) is 0 Å². The molecule has 272 valence electrons. The van der Waals surface area contributed by atoms with Crippen molar-refractivity contribution in [2.24, 2.45) is 5.92 Å². The molecular formula is C46H52O6. The van der Waals surface area contributed by atoms with E-state index < -0.39 is 6.10 Å². The molecule has 4 aromatic rings. The molecule has 3 aliphatic rings. The first-order chi connectivity index (χ1) is 25.3. The van der Waals surface area contributed by atoms with Crippen LogP contribution in [0, 0.1) is 5.92 Å². The summed E-state index contributed by atoms with van der Waals surface area (Å²) >= 11 is 0. The van der Waals surface area contributed by atoms with Crippen LogP contribution in [0.1, 0.15) is 155 Å². The third-order valence-corrected chi connectivity index (χ3v) is 12.8. The molecule has 0 heterocycles. The predicted octanol–water partition coefficient (Wildman–Crippen LogP) is 9.80. The SMILES string of the molecule is O=Cc1cc(Cc2cc(C3(c4ccc(C5CCC(O)C(Cc6ccc(O)cc6C=O)C5)cc4)CCCCC3)cc(C3CCCCC3)c2O)ccc1O. The minimum absolute atomic E-state index is 0.0242. The summed E-state index contributed by atoms with van der Waals surface area (Å²) in [6.45, 7) is 0. The average Bonchev–Trinajstić information content (AvgIpc) is 3.18. The smallest absolute Gasteiger partial charge is 0.153 e. The van der Waals surface area contributed by atoms with E-state index in [-0.39, 0.29) is 28.4 Å². The predicted molar refractivity (Wildman–Crippen MR) is 204 cm³/mol. The van der Waals surface area contributed by atoms with Crippen LogP contribution in [-0.4, -0.2) is 39.1 Å². The monoisotopic (exact) mass is 700 g/mol. The molecule has 4 N–H and O–H groups in total. The van der Waals surface area contributed by atoms with Crippen molar-refractivity contribution in [2.75, 3.05) is 0 Å². The highest BCUT2D eigenvalue weighted by molar-refractivity contribution is 5.79. The maximum Gasteiger partial charge on any atom is 0.153 e. The topological polar surface area (TPSA) is 115 Å². The standard InChI is InChI=1S/C46H52O6/c47-28-37-26-41(49)16-12-34(37)24-35-23-33(13-18-43(35)50)31-10-14-39(15-11-31)46(19-5-2-6-20-46)40-25-36(21-30-9-17-44(51)38(22-30)29-48)45(52)42(27-40)32-7-3-1-4-8-32/h9-12,14-17,22,25-29,32-33,35,43,49-52H,1-8,13,18-21,23-24H2. The van der Waals surface area contributed by atoms with E-state index in [1.54, 1.807) is 24.3 Å². The zero-order chi connectivity index (χ0) is 36.2. The summed E-state index contributed by atoms with van der Waals surface area (Å²) in [5.41, 5.74) is 8.09. The van der Waals surface area contributed by atoms with Crippen molar-refractivity contribution in [3.63, 3.8) is 0 Å². The number of phenols is 3. The van der Waals surface area contributed by atoms with Gasteiger partial charge in [-0.15, -0.1) is 0 Å². The first-order valence-electron chi connectivity index (χ1n) is 19.5. The molecule has 7 rings (SSSR count). The first-order valence-corrected chi connectivity index (χ1v) is 19.5. The van der Waals surface area contributed by atoms with Gasteiger partial charge in [0.05, 0.1) is 11.7 Å². The number of rotatable bonds is 10. The summed E-state index contributed by atoms with van der Waals surface area (Å²) in [5, 5.41) is 42.9. The molecule has 3 atom stereocenters. The largest absolute Gasteiger partial charge is 0.508 e. The molecule has 0 aliphatic heterocycles. The van der Waals surface area contributed by atoms with Crippen LogP contribution >= 0.6 is 0 Å². The van der Waals surface area contributed by atoms with E-state index in [9.17, 15) is 30.0 Å². The van der Waals surface area contributed by atoms with E-state index >= 15 is 0 Å². The summed E-state index contributed by atoms with van der Waals surface area (Å²) in [6.07, 6.45) is 15.9. The molecule has 0 bridgehead atoms. The van der Waals surface area contributed by atoms with Crippen molar-refractivity contribution in [1.29, 1.82) is 0 Å². The number of carbonyl (C=O) groups excluding carboxylic acids is 2. The Morgan fingerprint density at radius 2 is 1.38 bits per heavy atom. The highest BCUT2D eigenvalue weighted by atomic mass is 16.3. The maximum atomic E-state index is 11.9. The molecule has 52 heavy (non-hydrogen) atoms. The van der Waals surface area contributed by atoms with Crippen molar-refractivity contribution < 1.29 is 30.0 Å². The normalized spacial score (nSPS) is 22.1. The summed E-state index contributed by atoms with van der Waals surface area (Å²) in [7, 11) is 0. The molecule has 0 spiro atoms. The van der Waals surface area contributed by atoms with Gasteiger partial charge in [-0.3, -0.25) is 9.59 Å². The van der Waals surface area contributed by atoms with E-state index in [1.165, 1.54) is 48.4 Å². The van der Waals surface area contributed by atoms with Gasteiger partial charge in [0.25, 0.3) is 0 Å². The fourth-order valence-corrected chi connectivity index (χ4v) is 9.79. The molecule has 0 radical (unpaired) electrons. The Morgan fingerprint density at radius 3 is 2.12 bits per heavy atom. The second kappa shape index (κ2) is 15.7. The Hall–Kier alpha value is -4.42. The lowest BCUT2D eigenvalue weighted by molar-refractivity contribution is 0.0618. The molecule has 0 amide bonds. The number of carbonyl (C=O) groups is 2. The number of aldehydes is 2. The van der Waals surface area contributed by atoms with Crippen LogP contribution in [0.15, 0.2) is 72.8 Å². The second-order valence-electron chi connectivity index (χ2n) is 15.9. The minimum Gasteiger partial charge on any atom is -0.508 e. The van der Waals surface area contributed by atoms with Crippen LogP contribution in [0.4, 0.5) is 0 Å². The molecule has 3 fully saturated rings. The van der Waals surface area contributed by atoms with E-state index in [0.717, 1.165) is 79.9 Å². The van der Waals surface area contributed by atoms with Gasteiger partial charge in [-0.05, 0) is 132 Å². The lowest BCUT2D eigenvalue weighted by Gasteiger charge is -2.40. The van der Waals surface area contributed by atoms with Gasteiger partial charge in [0, 0.05) is 17.4 Å². The average molecular weight is 701 g/mol. The number of aliphatic hydroxyl groups is 1. The highest BCUT2D eigenvalue weighted by Gasteiger charge is 2.38. The van der Waals surface area contributed by atoms with Gasteiger partial charge >= 0.3 is 0 Å². The van der Waals surface area contributed by atoms with Gasteiger partial charge in [0.15, 0.2) is 6.29 Å². The molecule has 3 unspecified atom stereocenters. The van der Waals surface area contributed by atoms with Gasteiger partial charge < -0.3 is 20.4 Å². The van der Waals surface area contributed by atoms with Crippen LogP contribution in [0.25, 0.3) is 0 Å². The van der Waals surface area contributed by atoms with Gasteiger partial charge in [-0.2, -0.15) is 0 Å². The fourth-order valence-electron chi connectivity index (χ4n) is 9.79.